The van der Waals surface area contributed by atoms with E-state index in [0.717, 1.165) is 16.8 Å². The van der Waals surface area contributed by atoms with Gasteiger partial charge in [-0.05, 0) is 42.8 Å². The van der Waals surface area contributed by atoms with Crippen LogP contribution in [-0.4, -0.2) is 28.3 Å². The number of para-hydroxylation sites is 2. The number of guanidine groups is 1. The molecule has 0 fully saturated rings. The first kappa shape index (κ1) is 19.5. The maximum atomic E-state index is 6.52. The number of ether oxygens (including phenoxy) is 1. The van der Waals surface area contributed by atoms with Crippen LogP contribution in [-0.2, 0) is 0 Å². The van der Waals surface area contributed by atoms with Crippen LogP contribution in [0.3, 0.4) is 0 Å². The van der Waals surface area contributed by atoms with Gasteiger partial charge in [-0.3, -0.25) is 10.2 Å². The molecule has 1 unspecified atom stereocenters. The lowest BCUT2D eigenvalue weighted by atomic mass is 10.0. The molecule has 2 aromatic carbocycles. The Morgan fingerprint density at radius 3 is 2.84 bits per heavy atom. The number of fused-ring (bicyclic) bond motifs is 1. The van der Waals surface area contributed by atoms with Crippen molar-refractivity contribution in [2.45, 2.75) is 13.0 Å². The Balaban J connectivity index is 1.56. The van der Waals surface area contributed by atoms with Gasteiger partial charge in [-0.25, -0.2) is 4.99 Å². The van der Waals surface area contributed by atoms with Crippen LogP contribution >= 0.6 is 22.9 Å². The third kappa shape index (κ3) is 3.73. The van der Waals surface area contributed by atoms with Gasteiger partial charge in [0.25, 0.3) is 0 Å². The third-order valence-corrected chi connectivity index (χ3v) is 5.81. The van der Waals surface area contributed by atoms with Crippen molar-refractivity contribution in [1.82, 2.24) is 15.2 Å². The molecule has 31 heavy (non-hydrogen) atoms. The number of oxazole rings is 1. The van der Waals surface area contributed by atoms with E-state index in [9.17, 15) is 0 Å². The molecule has 10 heteroatoms. The maximum absolute atomic E-state index is 6.52. The van der Waals surface area contributed by atoms with Crippen molar-refractivity contribution in [2.75, 3.05) is 17.3 Å². The molecule has 156 valence electrons. The van der Waals surface area contributed by atoms with Crippen LogP contribution in [0.25, 0.3) is 11.1 Å². The molecule has 0 radical (unpaired) electrons. The van der Waals surface area contributed by atoms with E-state index < -0.39 is 0 Å². The topological polar surface area (TPSA) is 88.7 Å². The third-order valence-electron chi connectivity index (χ3n) is 4.80. The van der Waals surface area contributed by atoms with E-state index in [0.29, 0.717) is 33.5 Å². The van der Waals surface area contributed by atoms with Gasteiger partial charge in [0.1, 0.15) is 22.8 Å². The molecule has 4 aromatic rings. The Morgan fingerprint density at radius 2 is 2.10 bits per heavy atom. The Bertz CT molecular complexity index is 1270. The van der Waals surface area contributed by atoms with Crippen LogP contribution in [0, 0.1) is 0 Å². The molecule has 0 saturated heterocycles. The van der Waals surface area contributed by atoms with Gasteiger partial charge >= 0.3 is 6.01 Å². The zero-order valence-corrected chi connectivity index (χ0v) is 18.2. The molecule has 0 bridgehead atoms. The van der Waals surface area contributed by atoms with E-state index >= 15 is 0 Å². The zero-order chi connectivity index (χ0) is 21.4. The van der Waals surface area contributed by atoms with Gasteiger partial charge < -0.3 is 9.15 Å². The highest BCUT2D eigenvalue weighted by Crippen LogP contribution is 2.35. The molecule has 8 nitrogen and oxygen atoms in total. The molecule has 1 aliphatic rings. The maximum Gasteiger partial charge on any atom is 0.302 e. The number of rotatable bonds is 4. The lowest BCUT2D eigenvalue weighted by molar-refractivity contribution is 0.414. The minimum Gasteiger partial charge on any atom is -0.497 e. The standard InChI is InChI=1S/C21H17ClN6O2S/c1-12-9-17(14-8-7-13(29-2)10-15(14)22)24-19(28(12)21-27-23-11-31-21)26-20-25-16-5-3-4-6-18(16)30-20/h3-11,17H,1-2H3,(H,24,25,26). The number of aromatic nitrogens is 3. The number of hydrogen-bond acceptors (Lipinski definition) is 9. The fraction of sp³-hybridized carbons (Fsp3) is 0.143. The molecule has 1 aliphatic heterocycles. The quantitative estimate of drug-likeness (QED) is 0.450. The summed E-state index contributed by atoms with van der Waals surface area (Å²) in [5.74, 6) is 1.20. The van der Waals surface area contributed by atoms with Crippen LogP contribution in [0.2, 0.25) is 5.02 Å². The van der Waals surface area contributed by atoms with Crippen molar-refractivity contribution in [3.8, 4) is 5.75 Å². The fourth-order valence-corrected chi connectivity index (χ4v) is 4.25. The summed E-state index contributed by atoms with van der Waals surface area (Å²) >= 11 is 7.93. The van der Waals surface area contributed by atoms with E-state index in [1.165, 1.54) is 11.3 Å². The molecular formula is C21H17ClN6O2S. The van der Waals surface area contributed by atoms with Crippen molar-refractivity contribution in [3.63, 3.8) is 0 Å². The zero-order valence-electron chi connectivity index (χ0n) is 16.6. The highest BCUT2D eigenvalue weighted by atomic mass is 35.5. The SMILES string of the molecule is COc1ccc(C2C=C(C)N(c3nncs3)C(Nc3nc4ccccc4o3)=N2)c(Cl)c1. The average Bonchev–Trinajstić information content (AvgIpc) is 3.42. The first-order chi connectivity index (χ1) is 15.1. The van der Waals surface area contributed by atoms with E-state index in [1.54, 1.807) is 18.7 Å². The highest BCUT2D eigenvalue weighted by Gasteiger charge is 2.28. The molecule has 3 heterocycles. The molecule has 0 aliphatic carbocycles. The lowest BCUT2D eigenvalue weighted by Crippen LogP contribution is -2.38. The summed E-state index contributed by atoms with van der Waals surface area (Å²) < 4.78 is 11.1. The van der Waals surface area contributed by atoms with Crippen molar-refractivity contribution < 1.29 is 9.15 Å². The first-order valence-electron chi connectivity index (χ1n) is 9.41. The number of halogens is 1. The summed E-state index contributed by atoms with van der Waals surface area (Å²) in [6.45, 7) is 1.98. The summed E-state index contributed by atoms with van der Waals surface area (Å²) in [5, 5.41) is 12.6. The lowest BCUT2D eigenvalue weighted by Gasteiger charge is -2.29. The molecule has 0 amide bonds. The summed E-state index contributed by atoms with van der Waals surface area (Å²) in [4.78, 5) is 11.3. The molecule has 0 saturated carbocycles. The first-order valence-corrected chi connectivity index (χ1v) is 10.7. The Labute approximate surface area is 186 Å². The van der Waals surface area contributed by atoms with Crippen molar-refractivity contribution in [2.24, 2.45) is 4.99 Å². The van der Waals surface area contributed by atoms with Crippen LogP contribution in [0.5, 0.6) is 5.75 Å². The normalized spacial score (nSPS) is 16.2. The van der Waals surface area contributed by atoms with Crippen molar-refractivity contribution >= 4 is 51.1 Å². The molecule has 0 spiro atoms. The van der Waals surface area contributed by atoms with E-state index in [2.05, 4.69) is 20.5 Å². The Kier molecular flexibility index (Phi) is 5.05. The number of benzene rings is 2. The summed E-state index contributed by atoms with van der Waals surface area (Å²) in [6.07, 6.45) is 2.02. The summed E-state index contributed by atoms with van der Waals surface area (Å²) in [5.41, 5.74) is 4.89. The Morgan fingerprint density at radius 1 is 1.23 bits per heavy atom. The highest BCUT2D eigenvalue weighted by molar-refractivity contribution is 7.13. The fourth-order valence-electron chi connectivity index (χ4n) is 3.35. The molecular weight excluding hydrogens is 436 g/mol. The second-order valence-corrected chi connectivity index (χ2v) is 7.98. The number of hydrogen-bond donors (Lipinski definition) is 1. The van der Waals surface area contributed by atoms with Gasteiger partial charge in [0.05, 0.1) is 7.11 Å². The smallest absolute Gasteiger partial charge is 0.302 e. The number of nitrogens with zero attached hydrogens (tertiary/aromatic N) is 5. The number of anilines is 2. The van der Waals surface area contributed by atoms with Gasteiger partial charge in [-0.2, -0.15) is 4.98 Å². The van der Waals surface area contributed by atoms with Gasteiger partial charge in [0.15, 0.2) is 5.58 Å². The van der Waals surface area contributed by atoms with Gasteiger partial charge in [0.2, 0.25) is 11.1 Å². The number of methoxy groups -OCH3 is 1. The predicted molar refractivity (Wildman–Crippen MR) is 122 cm³/mol. The number of aliphatic imine (C=N–C) groups is 1. The second kappa shape index (κ2) is 8.01. The average molecular weight is 453 g/mol. The van der Waals surface area contributed by atoms with E-state index in [4.69, 9.17) is 25.7 Å². The molecule has 1 N–H and O–H groups in total. The predicted octanol–water partition coefficient (Wildman–Crippen LogP) is 5.27. The minimum atomic E-state index is -0.311. The van der Waals surface area contributed by atoms with Crippen molar-refractivity contribution in [3.05, 3.63) is 70.3 Å². The van der Waals surface area contributed by atoms with E-state index in [-0.39, 0.29) is 6.04 Å². The van der Waals surface area contributed by atoms with Crippen molar-refractivity contribution in [1.29, 1.82) is 0 Å². The minimum absolute atomic E-state index is 0.311. The van der Waals surface area contributed by atoms with Crippen LogP contribution in [0.1, 0.15) is 18.5 Å². The largest absolute Gasteiger partial charge is 0.497 e. The summed E-state index contributed by atoms with van der Waals surface area (Å²) in [6, 6.07) is 13.1. The second-order valence-electron chi connectivity index (χ2n) is 6.76. The van der Waals surface area contributed by atoms with E-state index in [1.807, 2.05) is 54.3 Å². The molecule has 5 rings (SSSR count). The van der Waals surface area contributed by atoms with Crippen LogP contribution in [0.4, 0.5) is 11.1 Å². The number of allylic oxidation sites excluding steroid dienone is 1. The Hall–Kier alpha value is -3.43. The van der Waals surface area contributed by atoms with Gasteiger partial charge in [-0.15, -0.1) is 10.2 Å². The van der Waals surface area contributed by atoms with Gasteiger partial charge in [-0.1, -0.05) is 41.1 Å². The van der Waals surface area contributed by atoms with Crippen LogP contribution in [0.15, 0.2) is 69.2 Å². The molecule has 1 atom stereocenters. The monoisotopic (exact) mass is 452 g/mol. The summed E-state index contributed by atoms with van der Waals surface area (Å²) in [7, 11) is 1.61. The molecule has 2 aromatic heterocycles. The number of nitrogens with one attached hydrogen (secondary N) is 1. The van der Waals surface area contributed by atoms with Crippen LogP contribution < -0.4 is 15.0 Å². The van der Waals surface area contributed by atoms with Gasteiger partial charge in [0, 0.05) is 10.7 Å².